The van der Waals surface area contributed by atoms with Gasteiger partial charge in [0.1, 0.15) is 7.85 Å². The van der Waals surface area contributed by atoms with Crippen molar-refractivity contribution < 1.29 is 9.53 Å². The number of pyridine rings is 1. The van der Waals surface area contributed by atoms with Gasteiger partial charge in [-0.3, -0.25) is 0 Å². The Bertz CT molecular complexity index is 1110. The number of ether oxygens (including phenoxy) is 1. The fraction of sp³-hybridized carbons (Fsp3) is 0.458. The van der Waals surface area contributed by atoms with E-state index in [1.165, 1.54) is 0 Å². The van der Waals surface area contributed by atoms with E-state index >= 15 is 0 Å². The molecule has 0 spiro atoms. The van der Waals surface area contributed by atoms with Crippen molar-refractivity contribution in [3.8, 4) is 0 Å². The van der Waals surface area contributed by atoms with Gasteiger partial charge in [-0.2, -0.15) is 5.10 Å². The Morgan fingerprint density at radius 3 is 2.73 bits per heavy atom. The Balaban J connectivity index is 1.55. The third-order valence-corrected chi connectivity index (χ3v) is 6.01. The van der Waals surface area contributed by atoms with E-state index in [-0.39, 0.29) is 6.03 Å². The van der Waals surface area contributed by atoms with Gasteiger partial charge < -0.3 is 20.7 Å². The SMILES string of the molecule is [B]c1cccc(CNC(=O)NCc2c(CC)nc3c(cnn3CC)c2NC2CCOCC2)c1. The van der Waals surface area contributed by atoms with Crippen LogP contribution in [0.1, 0.15) is 43.5 Å². The zero-order chi connectivity index (χ0) is 23.2. The normalized spacial score (nSPS) is 14.4. The number of carbonyl (C=O) groups is 1. The summed E-state index contributed by atoms with van der Waals surface area (Å²) in [5.41, 5.74) is 5.49. The first kappa shape index (κ1) is 23.1. The van der Waals surface area contributed by atoms with E-state index in [2.05, 4.69) is 34.9 Å². The third kappa shape index (κ3) is 5.47. The largest absolute Gasteiger partial charge is 0.381 e. The molecular formula is C24H31BN6O2. The summed E-state index contributed by atoms with van der Waals surface area (Å²) < 4.78 is 7.45. The minimum Gasteiger partial charge on any atom is -0.381 e. The lowest BCUT2D eigenvalue weighted by molar-refractivity contribution is 0.0904. The topological polar surface area (TPSA) is 93.1 Å². The summed E-state index contributed by atoms with van der Waals surface area (Å²) in [5, 5.41) is 15.2. The monoisotopic (exact) mass is 446 g/mol. The lowest BCUT2D eigenvalue weighted by atomic mass is 9.94. The maximum atomic E-state index is 12.6. The van der Waals surface area contributed by atoms with Gasteiger partial charge in [-0.15, -0.1) is 0 Å². The van der Waals surface area contributed by atoms with Crippen molar-refractivity contribution in [2.24, 2.45) is 0 Å². The number of hydrogen-bond acceptors (Lipinski definition) is 5. The van der Waals surface area contributed by atoms with Crippen LogP contribution >= 0.6 is 0 Å². The second-order valence-electron chi connectivity index (χ2n) is 8.28. The molecule has 3 aromatic rings. The number of fused-ring (bicyclic) bond motifs is 1. The Hall–Kier alpha value is -3.07. The van der Waals surface area contributed by atoms with E-state index in [1.54, 1.807) is 0 Å². The Morgan fingerprint density at radius 2 is 2.00 bits per heavy atom. The van der Waals surface area contributed by atoms with Crippen LogP contribution in [0.15, 0.2) is 30.5 Å². The molecule has 2 radical (unpaired) electrons. The predicted molar refractivity (Wildman–Crippen MR) is 131 cm³/mol. The zero-order valence-corrected chi connectivity index (χ0v) is 19.4. The summed E-state index contributed by atoms with van der Waals surface area (Å²) in [4.78, 5) is 17.5. The molecule has 1 aromatic carbocycles. The number of rotatable bonds is 8. The summed E-state index contributed by atoms with van der Waals surface area (Å²) >= 11 is 0. The van der Waals surface area contributed by atoms with Crippen LogP contribution in [-0.4, -0.2) is 47.9 Å². The molecule has 2 aromatic heterocycles. The zero-order valence-electron chi connectivity index (χ0n) is 19.4. The molecule has 0 aliphatic carbocycles. The quantitative estimate of drug-likeness (QED) is 0.462. The molecule has 1 fully saturated rings. The van der Waals surface area contributed by atoms with Crippen molar-refractivity contribution in [2.75, 3.05) is 18.5 Å². The second-order valence-corrected chi connectivity index (χ2v) is 8.28. The standard InChI is InChI=1S/C24H31BN6O2/c1-3-21-19(14-27-24(32)26-13-16-6-5-7-17(25)12-16)22(29-18-8-10-33-11-9-18)20-15-28-31(4-2)23(20)30-21/h5-7,12,15,18H,3-4,8-11,13-14H2,1-2H3,(H,29,30)(H2,26,27,32). The molecule has 1 aliphatic heterocycles. The molecule has 172 valence electrons. The van der Waals surface area contributed by atoms with E-state index in [4.69, 9.17) is 17.6 Å². The maximum absolute atomic E-state index is 12.6. The van der Waals surface area contributed by atoms with Crippen molar-refractivity contribution >= 4 is 36.1 Å². The molecule has 8 nitrogen and oxygen atoms in total. The highest BCUT2D eigenvalue weighted by Gasteiger charge is 2.21. The number of urea groups is 1. The summed E-state index contributed by atoms with van der Waals surface area (Å²) in [5.74, 6) is 0. The molecule has 9 heteroatoms. The average Bonchev–Trinajstić information content (AvgIpc) is 3.25. The van der Waals surface area contributed by atoms with E-state index in [0.717, 1.165) is 72.6 Å². The number of nitrogens with zero attached hydrogens (tertiary/aromatic N) is 3. The van der Waals surface area contributed by atoms with Crippen molar-refractivity contribution in [3.63, 3.8) is 0 Å². The molecular weight excluding hydrogens is 415 g/mol. The molecule has 3 N–H and O–H groups in total. The van der Waals surface area contributed by atoms with Crippen LogP contribution in [-0.2, 0) is 30.8 Å². The Morgan fingerprint density at radius 1 is 1.21 bits per heavy atom. The number of carbonyl (C=O) groups excluding carboxylic acids is 1. The average molecular weight is 446 g/mol. The maximum Gasteiger partial charge on any atom is 0.315 e. The molecule has 1 aliphatic rings. The number of anilines is 1. The molecule has 0 bridgehead atoms. The number of amides is 2. The van der Waals surface area contributed by atoms with Crippen LogP contribution in [0.4, 0.5) is 10.5 Å². The van der Waals surface area contributed by atoms with Crippen molar-refractivity contribution in [2.45, 2.75) is 58.8 Å². The van der Waals surface area contributed by atoms with Crippen LogP contribution < -0.4 is 21.4 Å². The molecule has 2 amide bonds. The predicted octanol–water partition coefficient (Wildman–Crippen LogP) is 2.40. The van der Waals surface area contributed by atoms with E-state index < -0.39 is 0 Å². The third-order valence-electron chi connectivity index (χ3n) is 6.01. The van der Waals surface area contributed by atoms with Gasteiger partial charge in [-0.1, -0.05) is 36.7 Å². The smallest absolute Gasteiger partial charge is 0.315 e. The first-order chi connectivity index (χ1) is 16.1. The molecule has 0 atom stereocenters. The van der Waals surface area contributed by atoms with Gasteiger partial charge in [0.15, 0.2) is 5.65 Å². The van der Waals surface area contributed by atoms with Crippen LogP contribution in [0.25, 0.3) is 11.0 Å². The van der Waals surface area contributed by atoms with Crippen LogP contribution in [0.3, 0.4) is 0 Å². The molecule has 0 unspecified atom stereocenters. The van der Waals surface area contributed by atoms with Crippen LogP contribution in [0, 0.1) is 0 Å². The van der Waals surface area contributed by atoms with Gasteiger partial charge in [0, 0.05) is 50.1 Å². The summed E-state index contributed by atoms with van der Waals surface area (Å²) in [6, 6.07) is 7.58. The first-order valence-electron chi connectivity index (χ1n) is 11.7. The van der Waals surface area contributed by atoms with Gasteiger partial charge >= 0.3 is 6.03 Å². The van der Waals surface area contributed by atoms with Gasteiger partial charge in [0.2, 0.25) is 0 Å². The highest BCUT2D eigenvalue weighted by atomic mass is 16.5. The number of hydrogen-bond donors (Lipinski definition) is 3. The fourth-order valence-electron chi connectivity index (χ4n) is 4.22. The minimum absolute atomic E-state index is 0.235. The van der Waals surface area contributed by atoms with Gasteiger partial charge in [0.05, 0.1) is 17.3 Å². The number of benzene rings is 1. The van der Waals surface area contributed by atoms with Gasteiger partial charge in [0.25, 0.3) is 0 Å². The minimum atomic E-state index is -0.235. The molecule has 33 heavy (non-hydrogen) atoms. The lowest BCUT2D eigenvalue weighted by Gasteiger charge is -2.26. The van der Waals surface area contributed by atoms with Gasteiger partial charge in [-0.25, -0.2) is 14.5 Å². The number of aryl methyl sites for hydroxylation is 2. The van der Waals surface area contributed by atoms with E-state index in [1.807, 2.05) is 35.1 Å². The molecule has 4 rings (SSSR count). The number of nitrogens with one attached hydrogen (secondary N) is 3. The van der Waals surface area contributed by atoms with Crippen molar-refractivity contribution in [1.29, 1.82) is 0 Å². The van der Waals surface area contributed by atoms with E-state index in [9.17, 15) is 4.79 Å². The highest BCUT2D eigenvalue weighted by Crippen LogP contribution is 2.31. The fourth-order valence-corrected chi connectivity index (χ4v) is 4.22. The summed E-state index contributed by atoms with van der Waals surface area (Å²) in [7, 11) is 5.83. The Labute approximate surface area is 195 Å². The number of aromatic nitrogens is 3. The second kappa shape index (κ2) is 10.7. The highest BCUT2D eigenvalue weighted by molar-refractivity contribution is 6.32. The van der Waals surface area contributed by atoms with E-state index in [0.29, 0.717) is 24.6 Å². The molecule has 3 heterocycles. The van der Waals surface area contributed by atoms with Crippen LogP contribution in [0.5, 0.6) is 0 Å². The Kier molecular flexibility index (Phi) is 7.49. The molecule has 1 saturated heterocycles. The van der Waals surface area contributed by atoms with Crippen molar-refractivity contribution in [3.05, 3.63) is 47.3 Å². The lowest BCUT2D eigenvalue weighted by Crippen LogP contribution is -2.35. The van der Waals surface area contributed by atoms with Crippen molar-refractivity contribution in [1.82, 2.24) is 25.4 Å². The van der Waals surface area contributed by atoms with Crippen LogP contribution in [0.2, 0.25) is 0 Å². The summed E-state index contributed by atoms with van der Waals surface area (Å²) in [6.45, 7) is 7.18. The summed E-state index contributed by atoms with van der Waals surface area (Å²) in [6.07, 6.45) is 4.52. The first-order valence-corrected chi connectivity index (χ1v) is 11.7. The van der Waals surface area contributed by atoms with Gasteiger partial charge in [-0.05, 0) is 31.7 Å². The molecule has 0 saturated carbocycles.